The molecule has 72 valence electrons. The number of likely N-dealkylation sites (N-methyl/N-ethyl adjacent to an activating group) is 1. The number of halogens is 1. The summed E-state index contributed by atoms with van der Waals surface area (Å²) in [4.78, 5) is 1.83. The average molecular weight is 199 g/mol. The van der Waals surface area contributed by atoms with Crippen LogP contribution in [0.25, 0.3) is 0 Å². The zero-order chi connectivity index (χ0) is 8.97. The molecule has 0 aliphatic heterocycles. The van der Waals surface area contributed by atoms with Gasteiger partial charge in [0.05, 0.1) is 5.84 Å². The van der Waals surface area contributed by atoms with Crippen molar-refractivity contribution >= 4 is 18.2 Å². The molecule has 0 amide bonds. The monoisotopic (exact) mass is 198 g/mol. The van der Waals surface area contributed by atoms with Crippen molar-refractivity contribution in [1.29, 1.82) is 5.41 Å². The van der Waals surface area contributed by atoms with Crippen LogP contribution in [0.15, 0.2) is 30.3 Å². The first-order valence-electron chi connectivity index (χ1n) is 3.99. The summed E-state index contributed by atoms with van der Waals surface area (Å²) in [6.45, 7) is 0. The SMILES string of the molecule is CN(C)C(=N)Cc1ccccc1.Cl. The maximum absolute atomic E-state index is 7.61. The molecule has 0 radical (unpaired) electrons. The Morgan fingerprint density at radius 2 is 1.77 bits per heavy atom. The molecule has 0 aliphatic carbocycles. The topological polar surface area (TPSA) is 27.1 Å². The normalized spacial score (nSPS) is 8.77. The van der Waals surface area contributed by atoms with E-state index in [1.807, 2.05) is 49.3 Å². The van der Waals surface area contributed by atoms with Gasteiger partial charge in [0.15, 0.2) is 0 Å². The molecule has 1 rings (SSSR count). The highest BCUT2D eigenvalue weighted by molar-refractivity contribution is 5.85. The summed E-state index contributed by atoms with van der Waals surface area (Å²) >= 11 is 0. The van der Waals surface area contributed by atoms with Crippen molar-refractivity contribution in [1.82, 2.24) is 4.90 Å². The fourth-order valence-corrected chi connectivity index (χ4v) is 0.947. The second-order valence-electron chi connectivity index (χ2n) is 3.00. The Morgan fingerprint density at radius 1 is 1.23 bits per heavy atom. The van der Waals surface area contributed by atoms with Gasteiger partial charge >= 0.3 is 0 Å². The minimum absolute atomic E-state index is 0. The molecule has 2 nitrogen and oxygen atoms in total. The third-order valence-electron chi connectivity index (χ3n) is 1.75. The fourth-order valence-electron chi connectivity index (χ4n) is 0.947. The van der Waals surface area contributed by atoms with Crippen molar-refractivity contribution in [2.24, 2.45) is 0 Å². The third-order valence-corrected chi connectivity index (χ3v) is 1.75. The van der Waals surface area contributed by atoms with E-state index < -0.39 is 0 Å². The molecule has 0 aliphatic rings. The van der Waals surface area contributed by atoms with Crippen LogP contribution in [0.5, 0.6) is 0 Å². The lowest BCUT2D eigenvalue weighted by atomic mass is 10.1. The molecule has 0 saturated heterocycles. The molecular weight excluding hydrogens is 184 g/mol. The van der Waals surface area contributed by atoms with Gasteiger partial charge in [0, 0.05) is 20.5 Å². The summed E-state index contributed by atoms with van der Waals surface area (Å²) in [6, 6.07) is 10.1. The Kier molecular flexibility index (Phi) is 5.16. The lowest BCUT2D eigenvalue weighted by molar-refractivity contribution is 0.605. The first kappa shape index (κ1) is 12.0. The van der Waals surface area contributed by atoms with Gasteiger partial charge in [-0.3, -0.25) is 5.41 Å². The molecule has 0 saturated carbocycles. The van der Waals surface area contributed by atoms with Gasteiger partial charge < -0.3 is 4.90 Å². The van der Waals surface area contributed by atoms with Gasteiger partial charge in [-0.1, -0.05) is 30.3 Å². The van der Waals surface area contributed by atoms with Gasteiger partial charge in [-0.25, -0.2) is 0 Å². The van der Waals surface area contributed by atoms with Crippen molar-refractivity contribution < 1.29 is 0 Å². The molecule has 0 unspecified atom stereocenters. The van der Waals surface area contributed by atoms with E-state index in [1.165, 1.54) is 5.56 Å². The number of amidine groups is 1. The van der Waals surface area contributed by atoms with Crippen LogP contribution < -0.4 is 0 Å². The third kappa shape index (κ3) is 3.95. The summed E-state index contributed by atoms with van der Waals surface area (Å²) < 4.78 is 0. The summed E-state index contributed by atoms with van der Waals surface area (Å²) in [5.74, 6) is 0.640. The van der Waals surface area contributed by atoms with Crippen LogP contribution in [0.1, 0.15) is 5.56 Å². The predicted molar refractivity (Wildman–Crippen MR) is 58.8 cm³/mol. The summed E-state index contributed by atoms with van der Waals surface area (Å²) in [5, 5.41) is 7.61. The van der Waals surface area contributed by atoms with Crippen LogP contribution >= 0.6 is 12.4 Å². The molecule has 13 heavy (non-hydrogen) atoms. The molecular formula is C10H15ClN2. The highest BCUT2D eigenvalue weighted by Gasteiger charge is 1.99. The lowest BCUT2D eigenvalue weighted by Gasteiger charge is -2.12. The van der Waals surface area contributed by atoms with Gasteiger partial charge in [-0.2, -0.15) is 0 Å². The highest BCUT2D eigenvalue weighted by Crippen LogP contribution is 2.00. The molecule has 0 aromatic heterocycles. The van der Waals surface area contributed by atoms with E-state index in [2.05, 4.69) is 0 Å². The molecule has 1 aromatic rings. The molecule has 0 bridgehead atoms. The average Bonchev–Trinajstić information content (AvgIpc) is 2.06. The second-order valence-corrected chi connectivity index (χ2v) is 3.00. The van der Waals surface area contributed by atoms with E-state index >= 15 is 0 Å². The van der Waals surface area contributed by atoms with Gasteiger partial charge in [-0.05, 0) is 5.56 Å². The number of hydrogen-bond donors (Lipinski definition) is 1. The van der Waals surface area contributed by atoms with Crippen molar-refractivity contribution in [3.63, 3.8) is 0 Å². The quantitative estimate of drug-likeness (QED) is 0.573. The summed E-state index contributed by atoms with van der Waals surface area (Å²) in [5.41, 5.74) is 1.19. The number of rotatable bonds is 2. The number of nitrogens with one attached hydrogen (secondary N) is 1. The van der Waals surface area contributed by atoms with Gasteiger partial charge in [0.1, 0.15) is 0 Å². The maximum atomic E-state index is 7.61. The zero-order valence-electron chi connectivity index (χ0n) is 7.95. The smallest absolute Gasteiger partial charge is 0.0997 e. The van der Waals surface area contributed by atoms with E-state index in [-0.39, 0.29) is 12.4 Å². The number of nitrogens with zero attached hydrogens (tertiary/aromatic N) is 1. The van der Waals surface area contributed by atoms with Crippen molar-refractivity contribution in [3.8, 4) is 0 Å². The summed E-state index contributed by atoms with van der Waals surface area (Å²) in [7, 11) is 3.79. The van der Waals surface area contributed by atoms with Crippen LogP contribution in [0.3, 0.4) is 0 Å². The second kappa shape index (κ2) is 5.60. The molecule has 1 aromatic carbocycles. The highest BCUT2D eigenvalue weighted by atomic mass is 35.5. The van der Waals surface area contributed by atoms with Crippen molar-refractivity contribution in [2.75, 3.05) is 14.1 Å². The van der Waals surface area contributed by atoms with Crippen molar-refractivity contribution in [2.45, 2.75) is 6.42 Å². The Hall–Kier alpha value is -1.02. The van der Waals surface area contributed by atoms with Gasteiger partial charge in [0.2, 0.25) is 0 Å². The molecule has 0 spiro atoms. The minimum Gasteiger partial charge on any atom is -0.366 e. The molecule has 3 heteroatoms. The van der Waals surface area contributed by atoms with Crippen LogP contribution in [0.4, 0.5) is 0 Å². The maximum Gasteiger partial charge on any atom is 0.0997 e. The van der Waals surface area contributed by atoms with E-state index in [9.17, 15) is 0 Å². The number of hydrogen-bond acceptors (Lipinski definition) is 1. The molecule has 0 heterocycles. The Morgan fingerprint density at radius 3 is 2.23 bits per heavy atom. The Balaban J connectivity index is 0.00000144. The standard InChI is InChI=1S/C10H14N2.ClH/c1-12(2)10(11)8-9-6-4-3-5-7-9;/h3-7,11H,8H2,1-2H3;1H. The van der Waals surface area contributed by atoms with E-state index in [0.717, 1.165) is 0 Å². The van der Waals surface area contributed by atoms with Gasteiger partial charge in [-0.15, -0.1) is 12.4 Å². The Bertz CT molecular complexity index is 257. The van der Waals surface area contributed by atoms with Crippen molar-refractivity contribution in [3.05, 3.63) is 35.9 Å². The zero-order valence-corrected chi connectivity index (χ0v) is 8.77. The first-order chi connectivity index (χ1) is 5.70. The van der Waals surface area contributed by atoms with E-state index in [4.69, 9.17) is 5.41 Å². The first-order valence-corrected chi connectivity index (χ1v) is 3.99. The minimum atomic E-state index is 0. The molecule has 0 fully saturated rings. The number of benzene rings is 1. The van der Waals surface area contributed by atoms with Crippen LogP contribution in [-0.4, -0.2) is 24.8 Å². The predicted octanol–water partition coefficient (Wildman–Crippen LogP) is 2.19. The molecule has 1 N–H and O–H groups in total. The van der Waals surface area contributed by atoms with Crippen LogP contribution in [0, 0.1) is 5.41 Å². The summed E-state index contributed by atoms with van der Waals surface area (Å²) in [6.07, 6.45) is 0.716. The lowest BCUT2D eigenvalue weighted by Crippen LogP contribution is -2.22. The van der Waals surface area contributed by atoms with E-state index in [1.54, 1.807) is 0 Å². The van der Waals surface area contributed by atoms with Crippen LogP contribution in [0.2, 0.25) is 0 Å². The van der Waals surface area contributed by atoms with E-state index in [0.29, 0.717) is 12.3 Å². The van der Waals surface area contributed by atoms with Gasteiger partial charge in [0.25, 0.3) is 0 Å². The molecule has 0 atom stereocenters. The largest absolute Gasteiger partial charge is 0.366 e. The fraction of sp³-hybridized carbons (Fsp3) is 0.300. The Labute approximate surface area is 85.5 Å². The van der Waals surface area contributed by atoms with Crippen LogP contribution in [-0.2, 0) is 6.42 Å².